The minimum absolute atomic E-state index is 0.165. The van der Waals surface area contributed by atoms with Crippen molar-refractivity contribution in [2.45, 2.75) is 48.1 Å². The van der Waals surface area contributed by atoms with E-state index in [-0.39, 0.29) is 4.75 Å². The van der Waals surface area contributed by atoms with Crippen LogP contribution in [0.15, 0.2) is 91.0 Å². The number of piperidine rings is 1. The van der Waals surface area contributed by atoms with Gasteiger partial charge >= 0.3 is 0 Å². The molecule has 154 valence electrons. The van der Waals surface area contributed by atoms with Crippen molar-refractivity contribution in [3.63, 3.8) is 0 Å². The molecule has 2 aliphatic rings. The molecule has 3 aromatic carbocycles. The number of hydrogen-bond acceptors (Lipinski definition) is 2. The van der Waals surface area contributed by atoms with E-state index in [1.165, 1.54) is 61.9 Å². The van der Waals surface area contributed by atoms with E-state index in [2.05, 4.69) is 108 Å². The maximum Gasteiger partial charge on any atom is 0.0909 e. The SMILES string of the molecule is c1ccc(C(SC2CC(N3CCCCC3)C2)(c2ccccc2)c2ccccc2)cc1. The van der Waals surface area contributed by atoms with Crippen LogP contribution in [0.2, 0.25) is 0 Å². The second-order valence-electron chi connectivity index (χ2n) is 8.74. The number of rotatable bonds is 6. The van der Waals surface area contributed by atoms with Crippen LogP contribution in [0.5, 0.6) is 0 Å². The predicted octanol–water partition coefficient (Wildman–Crippen LogP) is 6.73. The largest absolute Gasteiger partial charge is 0.300 e. The lowest BCUT2D eigenvalue weighted by Crippen LogP contribution is -2.49. The van der Waals surface area contributed by atoms with Gasteiger partial charge in [-0.2, -0.15) is 0 Å². The Balaban J connectivity index is 1.50. The van der Waals surface area contributed by atoms with Gasteiger partial charge in [0, 0.05) is 11.3 Å². The molecule has 5 rings (SSSR count). The molecular formula is C28H31NS. The Morgan fingerprint density at radius 3 is 1.47 bits per heavy atom. The molecule has 1 nitrogen and oxygen atoms in total. The zero-order valence-corrected chi connectivity index (χ0v) is 18.4. The van der Waals surface area contributed by atoms with Gasteiger partial charge in [-0.05, 0) is 55.5 Å². The molecule has 3 aromatic rings. The summed E-state index contributed by atoms with van der Waals surface area (Å²) < 4.78 is -0.165. The Morgan fingerprint density at radius 1 is 0.600 bits per heavy atom. The Kier molecular flexibility index (Phi) is 5.97. The summed E-state index contributed by atoms with van der Waals surface area (Å²) in [5.74, 6) is 0. The standard InChI is InChI=1S/C28H31NS/c1-5-13-23(14-6-1)28(24-15-7-2-8-16-24,25-17-9-3-10-18-25)30-27-21-26(22-27)29-19-11-4-12-20-29/h1-3,5-10,13-18,26-27H,4,11-12,19-22H2. The Hall–Kier alpha value is -2.03. The monoisotopic (exact) mass is 413 g/mol. The summed E-state index contributed by atoms with van der Waals surface area (Å²) >= 11 is 2.18. The van der Waals surface area contributed by atoms with E-state index in [4.69, 9.17) is 0 Å². The van der Waals surface area contributed by atoms with Crippen molar-refractivity contribution in [1.82, 2.24) is 4.90 Å². The number of benzene rings is 3. The summed E-state index contributed by atoms with van der Waals surface area (Å²) in [5.41, 5.74) is 4.15. The van der Waals surface area contributed by atoms with E-state index in [9.17, 15) is 0 Å². The number of nitrogens with zero attached hydrogens (tertiary/aromatic N) is 1. The highest BCUT2D eigenvalue weighted by atomic mass is 32.2. The molecule has 2 fully saturated rings. The first-order valence-corrected chi connectivity index (χ1v) is 12.3. The molecular weight excluding hydrogens is 382 g/mol. The lowest BCUT2D eigenvalue weighted by Gasteiger charge is -2.48. The highest BCUT2D eigenvalue weighted by molar-refractivity contribution is 8.01. The zero-order chi connectivity index (χ0) is 20.2. The van der Waals surface area contributed by atoms with Gasteiger partial charge in [0.25, 0.3) is 0 Å². The minimum Gasteiger partial charge on any atom is -0.300 e. The van der Waals surface area contributed by atoms with Gasteiger partial charge in [0.05, 0.1) is 4.75 Å². The number of likely N-dealkylation sites (tertiary alicyclic amines) is 1. The van der Waals surface area contributed by atoms with Crippen molar-refractivity contribution in [2.24, 2.45) is 0 Å². The summed E-state index contributed by atoms with van der Waals surface area (Å²) in [6, 6.07) is 34.2. The summed E-state index contributed by atoms with van der Waals surface area (Å²) in [6.07, 6.45) is 6.82. The van der Waals surface area contributed by atoms with Gasteiger partial charge in [0.1, 0.15) is 0 Å². The fraction of sp³-hybridized carbons (Fsp3) is 0.357. The van der Waals surface area contributed by atoms with Gasteiger partial charge in [0.15, 0.2) is 0 Å². The molecule has 30 heavy (non-hydrogen) atoms. The zero-order valence-electron chi connectivity index (χ0n) is 17.6. The van der Waals surface area contributed by atoms with Gasteiger partial charge in [-0.25, -0.2) is 0 Å². The topological polar surface area (TPSA) is 3.24 Å². The second-order valence-corrected chi connectivity index (χ2v) is 10.3. The van der Waals surface area contributed by atoms with Gasteiger partial charge in [-0.15, -0.1) is 11.8 Å². The molecule has 0 radical (unpaired) electrons. The molecule has 2 heteroatoms. The van der Waals surface area contributed by atoms with Crippen LogP contribution >= 0.6 is 11.8 Å². The molecule has 1 saturated carbocycles. The van der Waals surface area contributed by atoms with Crippen LogP contribution in [0, 0.1) is 0 Å². The molecule has 1 aliphatic carbocycles. The van der Waals surface area contributed by atoms with Crippen molar-refractivity contribution in [1.29, 1.82) is 0 Å². The van der Waals surface area contributed by atoms with Crippen LogP contribution < -0.4 is 0 Å². The number of thioether (sulfide) groups is 1. The second kappa shape index (κ2) is 8.99. The van der Waals surface area contributed by atoms with Crippen molar-refractivity contribution in [3.05, 3.63) is 108 Å². The van der Waals surface area contributed by atoms with Crippen molar-refractivity contribution < 1.29 is 0 Å². The van der Waals surface area contributed by atoms with Crippen LogP contribution in [0.1, 0.15) is 48.8 Å². The fourth-order valence-electron chi connectivity index (χ4n) is 5.19. The molecule has 0 N–H and O–H groups in total. The maximum absolute atomic E-state index is 2.76. The van der Waals surface area contributed by atoms with Crippen LogP contribution in [0.25, 0.3) is 0 Å². The quantitative estimate of drug-likeness (QED) is 0.412. The van der Waals surface area contributed by atoms with Gasteiger partial charge in [-0.3, -0.25) is 0 Å². The average Bonchev–Trinajstić information content (AvgIpc) is 2.81. The maximum atomic E-state index is 2.76. The molecule has 0 spiro atoms. The van der Waals surface area contributed by atoms with E-state index in [0.717, 1.165) is 6.04 Å². The fourth-order valence-corrected chi connectivity index (χ4v) is 7.14. The van der Waals surface area contributed by atoms with Crippen LogP contribution in [-0.2, 0) is 4.75 Å². The number of hydrogen-bond donors (Lipinski definition) is 0. The summed E-state index contributed by atoms with van der Waals surface area (Å²) in [4.78, 5) is 2.76. The van der Waals surface area contributed by atoms with Gasteiger partial charge in [0.2, 0.25) is 0 Å². The van der Waals surface area contributed by atoms with Crippen molar-refractivity contribution in [3.8, 4) is 0 Å². The smallest absolute Gasteiger partial charge is 0.0909 e. The average molecular weight is 414 g/mol. The third-order valence-electron chi connectivity index (χ3n) is 6.86. The van der Waals surface area contributed by atoms with E-state index >= 15 is 0 Å². The molecule has 0 bridgehead atoms. The highest BCUT2D eigenvalue weighted by Crippen LogP contribution is 2.54. The molecule has 1 aliphatic heterocycles. The molecule has 0 unspecified atom stereocenters. The first kappa shape index (κ1) is 19.9. The Labute approximate surface area is 185 Å². The third-order valence-corrected chi connectivity index (χ3v) is 8.64. The van der Waals surface area contributed by atoms with Gasteiger partial charge in [-0.1, -0.05) is 97.4 Å². The summed E-state index contributed by atoms with van der Waals surface area (Å²) in [5, 5.41) is 0.692. The van der Waals surface area contributed by atoms with Crippen molar-refractivity contribution in [2.75, 3.05) is 13.1 Å². The Bertz CT molecular complexity index is 816. The first-order valence-electron chi connectivity index (χ1n) is 11.4. The summed E-state index contributed by atoms with van der Waals surface area (Å²) in [7, 11) is 0. The molecule has 0 aromatic heterocycles. The van der Waals surface area contributed by atoms with E-state index in [1.807, 2.05) is 0 Å². The first-order chi connectivity index (χ1) is 14.9. The van der Waals surface area contributed by atoms with Crippen LogP contribution in [-0.4, -0.2) is 29.3 Å². The molecule has 1 heterocycles. The Morgan fingerprint density at radius 2 is 1.03 bits per heavy atom. The molecule has 0 atom stereocenters. The lowest BCUT2D eigenvalue weighted by atomic mass is 9.84. The van der Waals surface area contributed by atoms with Crippen LogP contribution in [0.3, 0.4) is 0 Å². The summed E-state index contributed by atoms with van der Waals surface area (Å²) in [6.45, 7) is 2.62. The van der Waals surface area contributed by atoms with Crippen molar-refractivity contribution >= 4 is 11.8 Å². The van der Waals surface area contributed by atoms with E-state index < -0.39 is 0 Å². The molecule has 1 saturated heterocycles. The normalized spacial score (nSPS) is 22.4. The highest BCUT2D eigenvalue weighted by Gasteiger charge is 2.44. The predicted molar refractivity (Wildman–Crippen MR) is 129 cm³/mol. The van der Waals surface area contributed by atoms with Gasteiger partial charge < -0.3 is 4.90 Å². The van der Waals surface area contributed by atoms with E-state index in [0.29, 0.717) is 5.25 Å². The van der Waals surface area contributed by atoms with E-state index in [1.54, 1.807) is 0 Å². The molecule has 0 amide bonds. The minimum atomic E-state index is -0.165. The van der Waals surface area contributed by atoms with Crippen LogP contribution in [0.4, 0.5) is 0 Å². The lowest BCUT2D eigenvalue weighted by molar-refractivity contribution is 0.109. The third kappa shape index (κ3) is 3.84.